The van der Waals surface area contributed by atoms with Gasteiger partial charge >= 0.3 is 0 Å². The van der Waals surface area contributed by atoms with E-state index in [2.05, 4.69) is 67.0 Å². The van der Waals surface area contributed by atoms with Crippen molar-refractivity contribution in [2.24, 2.45) is 0 Å². The smallest absolute Gasteiger partial charge is 0.0721 e. The van der Waals surface area contributed by atoms with E-state index < -0.39 is 16.1 Å². The van der Waals surface area contributed by atoms with Gasteiger partial charge in [0.15, 0.2) is 0 Å². The van der Waals surface area contributed by atoms with Crippen molar-refractivity contribution in [3.63, 3.8) is 0 Å². The number of halogens is 1. The molecule has 0 aliphatic rings. The molecule has 1 atom stereocenters. The van der Waals surface area contributed by atoms with E-state index in [4.69, 9.17) is 0 Å². The van der Waals surface area contributed by atoms with Crippen LogP contribution >= 0.6 is 27.7 Å². The summed E-state index contributed by atoms with van der Waals surface area (Å²) in [7, 11) is -1.80. The van der Waals surface area contributed by atoms with Gasteiger partial charge in [0.25, 0.3) is 0 Å². The molecule has 0 aliphatic carbocycles. The third kappa shape index (κ3) is 6.74. The highest BCUT2D eigenvalue weighted by Gasteiger charge is 2.26. The molecule has 0 fully saturated rings. The van der Waals surface area contributed by atoms with Gasteiger partial charge in [-0.2, -0.15) is 11.8 Å². The molecule has 1 unspecified atom stereocenters. The van der Waals surface area contributed by atoms with Crippen molar-refractivity contribution >= 4 is 43.8 Å². The monoisotopic (exact) mass is 284 g/mol. The first-order chi connectivity index (χ1) is 5.13. The molecule has 0 bridgehead atoms. The number of thioether (sulfide) groups is 1. The van der Waals surface area contributed by atoms with Gasteiger partial charge in [-0.1, -0.05) is 55.2 Å². The molecule has 4 heteroatoms. The van der Waals surface area contributed by atoms with Crippen molar-refractivity contribution in [1.82, 2.24) is 0 Å². The maximum Gasteiger partial charge on any atom is 0.0721 e. The SMILES string of the molecule is C[Si](C)(C)CSC(Br)[Si](C)(C)C. The van der Waals surface area contributed by atoms with Gasteiger partial charge in [-0.25, -0.2) is 0 Å². The fourth-order valence-electron chi connectivity index (χ4n) is 0.573. The zero-order valence-corrected chi connectivity index (χ0v) is 13.5. The first kappa shape index (κ1) is 13.3. The molecule has 0 aliphatic heterocycles. The minimum Gasteiger partial charge on any atom is -0.153 e. The molecule has 0 N–H and O–H groups in total. The third-order valence-electron chi connectivity index (χ3n) is 1.34. The van der Waals surface area contributed by atoms with E-state index in [1.807, 2.05) is 0 Å². The second kappa shape index (κ2) is 4.66. The second-order valence-corrected chi connectivity index (χ2v) is 20.7. The van der Waals surface area contributed by atoms with Gasteiger partial charge in [-0.05, 0) is 5.38 Å². The molecule has 74 valence electrons. The summed E-state index contributed by atoms with van der Waals surface area (Å²) in [4.78, 5) is 0. The Balaban J connectivity index is 3.80. The van der Waals surface area contributed by atoms with Crippen LogP contribution in [0.3, 0.4) is 0 Å². The lowest BCUT2D eigenvalue weighted by Crippen LogP contribution is -2.34. The Labute approximate surface area is 92.0 Å². The summed E-state index contributed by atoms with van der Waals surface area (Å²) in [6, 6.07) is 0. The van der Waals surface area contributed by atoms with Crippen molar-refractivity contribution in [3.05, 3.63) is 0 Å². The first-order valence-electron chi connectivity index (χ1n) is 4.38. The van der Waals surface area contributed by atoms with Crippen LogP contribution in [0.1, 0.15) is 0 Å². The fraction of sp³-hybridized carbons (Fsp3) is 1.00. The lowest BCUT2D eigenvalue weighted by atomic mass is 11.7. The highest BCUT2D eigenvalue weighted by Crippen LogP contribution is 2.29. The van der Waals surface area contributed by atoms with Crippen LogP contribution in [-0.2, 0) is 0 Å². The summed E-state index contributed by atoms with van der Waals surface area (Å²) in [5.74, 6) is 0. The Morgan fingerprint density at radius 1 is 1.08 bits per heavy atom. The Morgan fingerprint density at radius 2 is 1.50 bits per heavy atom. The highest BCUT2D eigenvalue weighted by atomic mass is 79.9. The Bertz CT molecular complexity index is 137. The van der Waals surface area contributed by atoms with Crippen molar-refractivity contribution in [2.45, 2.75) is 43.1 Å². The van der Waals surface area contributed by atoms with Gasteiger partial charge in [-0.15, -0.1) is 0 Å². The van der Waals surface area contributed by atoms with Crippen molar-refractivity contribution in [2.75, 3.05) is 5.38 Å². The van der Waals surface area contributed by atoms with E-state index in [-0.39, 0.29) is 0 Å². The maximum absolute atomic E-state index is 3.80. The van der Waals surface area contributed by atoms with Crippen LogP contribution < -0.4 is 0 Å². The summed E-state index contributed by atoms with van der Waals surface area (Å²) < 4.78 is 0.733. The average Bonchev–Trinajstić information content (AvgIpc) is 1.78. The lowest BCUT2D eigenvalue weighted by Gasteiger charge is -2.25. The predicted octanol–water partition coefficient (Wildman–Crippen LogP) is 4.20. The van der Waals surface area contributed by atoms with E-state index in [0.717, 1.165) is 3.78 Å². The molecule has 0 aromatic rings. The number of hydrogen-bond donors (Lipinski definition) is 0. The van der Waals surface area contributed by atoms with Gasteiger partial charge in [0.2, 0.25) is 0 Å². The summed E-state index contributed by atoms with van der Waals surface area (Å²) in [6.07, 6.45) is 0. The van der Waals surface area contributed by atoms with Crippen LogP contribution in [0.15, 0.2) is 0 Å². The molecule has 12 heavy (non-hydrogen) atoms. The van der Waals surface area contributed by atoms with Crippen LogP contribution in [0.5, 0.6) is 0 Å². The van der Waals surface area contributed by atoms with E-state index in [0.29, 0.717) is 0 Å². The van der Waals surface area contributed by atoms with Crippen LogP contribution in [-0.4, -0.2) is 25.3 Å². The number of alkyl halides is 1. The van der Waals surface area contributed by atoms with Crippen molar-refractivity contribution < 1.29 is 0 Å². The fourth-order valence-corrected chi connectivity index (χ4v) is 7.10. The van der Waals surface area contributed by atoms with Gasteiger partial charge in [0.05, 0.1) is 19.9 Å². The van der Waals surface area contributed by atoms with E-state index >= 15 is 0 Å². The minimum atomic E-state index is -0.959. The summed E-state index contributed by atoms with van der Waals surface area (Å²) in [6.45, 7) is 14.6. The molecule has 0 aromatic carbocycles. The van der Waals surface area contributed by atoms with E-state index in [9.17, 15) is 0 Å². The third-order valence-corrected chi connectivity index (χ3v) is 14.7. The second-order valence-electron chi connectivity index (χ2n) is 5.55. The summed E-state index contributed by atoms with van der Waals surface area (Å²) >= 11 is 5.93. The molecule has 0 aromatic heterocycles. The molecular formula is C8H21BrSSi2. The normalized spacial score (nSPS) is 16.2. The molecular weight excluding hydrogens is 264 g/mol. The molecule has 0 heterocycles. The minimum absolute atomic E-state index is 0.733. The van der Waals surface area contributed by atoms with Crippen LogP contribution in [0.4, 0.5) is 0 Å². The van der Waals surface area contributed by atoms with Gasteiger partial charge < -0.3 is 0 Å². The van der Waals surface area contributed by atoms with Gasteiger partial charge in [0, 0.05) is 0 Å². The van der Waals surface area contributed by atoms with Crippen LogP contribution in [0.2, 0.25) is 39.3 Å². The zero-order chi connectivity index (χ0) is 9.99. The molecule has 0 radical (unpaired) electrons. The summed E-state index contributed by atoms with van der Waals surface area (Å²) in [5, 5.41) is 1.38. The zero-order valence-electron chi connectivity index (χ0n) is 9.07. The van der Waals surface area contributed by atoms with Gasteiger partial charge in [-0.3, -0.25) is 0 Å². The van der Waals surface area contributed by atoms with Crippen LogP contribution in [0.25, 0.3) is 0 Å². The first-order valence-corrected chi connectivity index (χ1v) is 13.6. The molecule has 0 saturated carbocycles. The molecule has 0 amide bonds. The molecule has 0 rings (SSSR count). The van der Waals surface area contributed by atoms with Crippen molar-refractivity contribution in [3.8, 4) is 0 Å². The Hall–Kier alpha value is 1.26. The van der Waals surface area contributed by atoms with Crippen molar-refractivity contribution in [1.29, 1.82) is 0 Å². The Kier molecular flexibility index (Phi) is 5.16. The molecule has 0 saturated heterocycles. The van der Waals surface area contributed by atoms with E-state index in [1.54, 1.807) is 0 Å². The topological polar surface area (TPSA) is 0 Å². The van der Waals surface area contributed by atoms with E-state index in [1.165, 1.54) is 5.38 Å². The predicted molar refractivity (Wildman–Crippen MR) is 71.9 cm³/mol. The Morgan fingerprint density at radius 3 is 1.75 bits per heavy atom. The highest BCUT2D eigenvalue weighted by molar-refractivity contribution is 9.12. The summed E-state index contributed by atoms with van der Waals surface area (Å²) in [5.41, 5.74) is 0. The average molecular weight is 285 g/mol. The molecule has 0 spiro atoms. The molecule has 0 nitrogen and oxygen atoms in total. The number of hydrogen-bond acceptors (Lipinski definition) is 1. The largest absolute Gasteiger partial charge is 0.153 e. The lowest BCUT2D eigenvalue weighted by molar-refractivity contribution is 1.61. The van der Waals surface area contributed by atoms with Crippen LogP contribution in [0, 0.1) is 0 Å². The number of rotatable bonds is 4. The quantitative estimate of drug-likeness (QED) is 0.551. The maximum atomic E-state index is 3.80. The van der Waals surface area contributed by atoms with Gasteiger partial charge in [0.1, 0.15) is 0 Å². The standard InChI is InChI=1S/C8H21BrSSi2/c1-11(2,3)7-10-8(9)12(4,5)6/h8H,7H2,1-6H3.